The number of aliphatic hydroxyl groups excluding tert-OH is 2. The van der Waals surface area contributed by atoms with Crippen LogP contribution >= 0.6 is 0 Å². The zero-order valence-electron chi connectivity index (χ0n) is 24.6. The van der Waals surface area contributed by atoms with E-state index in [2.05, 4.69) is 10.6 Å². The highest BCUT2D eigenvalue weighted by Crippen LogP contribution is 2.15. The Morgan fingerprint density at radius 2 is 0.868 bits per heavy atom. The van der Waals surface area contributed by atoms with E-state index in [1.54, 1.807) is 42.7 Å². The minimum absolute atomic E-state index is 0.300. The lowest BCUT2D eigenvalue weighted by Gasteiger charge is -2.24. The predicted octanol–water partition coefficient (Wildman–Crippen LogP) is 1.02. The molecular formula is C24H56N2O10Si2. The third kappa shape index (κ3) is 18.3. The van der Waals surface area contributed by atoms with Crippen LogP contribution in [0.2, 0.25) is 12.1 Å². The van der Waals surface area contributed by atoms with E-state index in [1.807, 2.05) is 0 Å². The zero-order chi connectivity index (χ0) is 28.5. The summed E-state index contributed by atoms with van der Waals surface area (Å²) in [5, 5.41) is 26.6. The monoisotopic (exact) mass is 588 g/mol. The Balaban J connectivity index is 3.51. The van der Waals surface area contributed by atoms with Gasteiger partial charge in [0.25, 0.3) is 0 Å². The molecule has 2 unspecified atom stereocenters. The summed E-state index contributed by atoms with van der Waals surface area (Å²) in [5.41, 5.74) is 0. The molecule has 4 N–H and O–H groups in total. The fourth-order valence-corrected chi connectivity index (χ4v) is 7.22. The van der Waals surface area contributed by atoms with E-state index in [-0.39, 0.29) is 0 Å². The maximum absolute atomic E-state index is 10.0. The van der Waals surface area contributed by atoms with Crippen LogP contribution in [0.5, 0.6) is 0 Å². The molecule has 0 saturated heterocycles. The van der Waals surface area contributed by atoms with Crippen LogP contribution in [-0.4, -0.2) is 135 Å². The Bertz CT molecular complexity index is 460. The molecule has 0 amide bonds. The van der Waals surface area contributed by atoms with Crippen LogP contribution in [0.15, 0.2) is 0 Å². The quantitative estimate of drug-likeness (QED) is 0.0733. The number of hydrogen-bond acceptors (Lipinski definition) is 12. The van der Waals surface area contributed by atoms with Crippen molar-refractivity contribution in [2.45, 2.75) is 62.8 Å². The van der Waals surface area contributed by atoms with E-state index in [0.717, 1.165) is 51.6 Å². The summed E-state index contributed by atoms with van der Waals surface area (Å²) in [6, 6.07) is 1.36. The lowest BCUT2D eigenvalue weighted by molar-refractivity contribution is 0.0351. The smallest absolute Gasteiger partial charge is 0.389 e. The first-order valence-electron chi connectivity index (χ1n) is 13.6. The molecule has 0 heterocycles. The molecule has 0 bridgehead atoms. The Morgan fingerprint density at radius 3 is 1.18 bits per heavy atom. The molecule has 0 spiro atoms. The van der Waals surface area contributed by atoms with Gasteiger partial charge in [-0.1, -0.05) is 12.8 Å². The maximum atomic E-state index is 10.0. The largest absolute Gasteiger partial charge is 0.500 e. The third-order valence-corrected chi connectivity index (χ3v) is 11.9. The first-order valence-corrected chi connectivity index (χ1v) is 17.5. The Kier molecular flexibility index (Phi) is 24.7. The molecule has 0 radical (unpaired) electrons. The number of nitrogens with one attached hydrogen (secondary N) is 2. The van der Waals surface area contributed by atoms with Crippen molar-refractivity contribution >= 4 is 17.6 Å². The van der Waals surface area contributed by atoms with Gasteiger partial charge in [0, 0.05) is 81.1 Å². The summed E-state index contributed by atoms with van der Waals surface area (Å²) < 4.78 is 43.4. The second-order valence-corrected chi connectivity index (χ2v) is 15.3. The first kappa shape index (κ1) is 38.0. The molecule has 14 heteroatoms. The maximum Gasteiger partial charge on any atom is 0.500 e. The first-order chi connectivity index (χ1) is 18.4. The average Bonchev–Trinajstić information content (AvgIpc) is 2.94. The fraction of sp³-hybridized carbons (Fsp3) is 1.00. The van der Waals surface area contributed by atoms with E-state index < -0.39 is 29.8 Å². The van der Waals surface area contributed by atoms with Gasteiger partial charge in [-0.2, -0.15) is 0 Å². The molecule has 0 aromatic heterocycles. The van der Waals surface area contributed by atoms with Gasteiger partial charge in [0.1, 0.15) is 0 Å². The predicted molar refractivity (Wildman–Crippen MR) is 150 cm³/mol. The van der Waals surface area contributed by atoms with Crippen LogP contribution in [0, 0.1) is 0 Å². The van der Waals surface area contributed by atoms with Crippen molar-refractivity contribution in [2.75, 3.05) is 95.3 Å². The van der Waals surface area contributed by atoms with Crippen LogP contribution in [0.25, 0.3) is 0 Å². The topological polar surface area (TPSA) is 138 Å². The van der Waals surface area contributed by atoms with Gasteiger partial charge >= 0.3 is 17.6 Å². The minimum Gasteiger partial charge on any atom is -0.389 e. The molecule has 0 aliphatic heterocycles. The summed E-state index contributed by atoms with van der Waals surface area (Å²) >= 11 is 0. The second kappa shape index (κ2) is 24.7. The van der Waals surface area contributed by atoms with Crippen LogP contribution in [-0.2, 0) is 36.0 Å². The van der Waals surface area contributed by atoms with Crippen molar-refractivity contribution in [3.05, 3.63) is 0 Å². The van der Waals surface area contributed by atoms with E-state index >= 15 is 0 Å². The SMILES string of the molecule is CO[Si](CCCOCC(O)CNCCCCCCNCC(O)COCCC[Si](OC)(OC)OC)(OC)OC. The van der Waals surface area contributed by atoms with Gasteiger partial charge in [-0.3, -0.25) is 0 Å². The molecule has 230 valence electrons. The molecule has 0 saturated carbocycles. The number of aliphatic hydroxyl groups is 2. The van der Waals surface area contributed by atoms with Crippen molar-refractivity contribution in [1.82, 2.24) is 10.6 Å². The summed E-state index contributed by atoms with van der Waals surface area (Å²) in [7, 11) is 4.50. The van der Waals surface area contributed by atoms with Gasteiger partial charge in [-0.05, 0) is 38.8 Å². The Hall–Kier alpha value is -0.0462. The van der Waals surface area contributed by atoms with Crippen LogP contribution in [0.1, 0.15) is 38.5 Å². The van der Waals surface area contributed by atoms with Crippen LogP contribution in [0.3, 0.4) is 0 Å². The summed E-state index contributed by atoms with van der Waals surface area (Å²) in [4.78, 5) is 0. The van der Waals surface area contributed by atoms with Crippen molar-refractivity contribution < 1.29 is 46.2 Å². The van der Waals surface area contributed by atoms with Gasteiger partial charge < -0.3 is 56.9 Å². The minimum atomic E-state index is -2.54. The summed E-state index contributed by atoms with van der Waals surface area (Å²) in [6.45, 7) is 4.43. The highest BCUT2D eigenvalue weighted by Gasteiger charge is 2.37. The summed E-state index contributed by atoms with van der Waals surface area (Å²) in [6.07, 6.45) is 4.80. The van der Waals surface area contributed by atoms with E-state index in [4.69, 9.17) is 36.0 Å². The van der Waals surface area contributed by atoms with Crippen molar-refractivity contribution in [3.63, 3.8) is 0 Å². The molecule has 12 nitrogen and oxygen atoms in total. The van der Waals surface area contributed by atoms with E-state index in [0.29, 0.717) is 51.6 Å². The van der Waals surface area contributed by atoms with Crippen LogP contribution < -0.4 is 10.6 Å². The summed E-state index contributed by atoms with van der Waals surface area (Å²) in [5.74, 6) is 0. The molecule has 0 rings (SSSR count). The van der Waals surface area contributed by atoms with Gasteiger partial charge in [0.05, 0.1) is 25.4 Å². The van der Waals surface area contributed by atoms with E-state index in [9.17, 15) is 10.2 Å². The number of rotatable bonds is 29. The lowest BCUT2D eigenvalue weighted by atomic mass is 10.2. The average molecular weight is 589 g/mol. The van der Waals surface area contributed by atoms with Gasteiger partial charge in [0.2, 0.25) is 0 Å². The highest BCUT2D eigenvalue weighted by molar-refractivity contribution is 6.60. The normalized spacial score (nSPS) is 14.2. The zero-order valence-corrected chi connectivity index (χ0v) is 26.6. The van der Waals surface area contributed by atoms with Gasteiger partial charge in [0.15, 0.2) is 0 Å². The molecule has 0 aliphatic rings. The number of unbranched alkanes of at least 4 members (excludes halogenated alkanes) is 3. The molecule has 2 atom stereocenters. The van der Waals surface area contributed by atoms with Crippen molar-refractivity contribution in [2.24, 2.45) is 0 Å². The third-order valence-electron chi connectivity index (χ3n) is 6.25. The molecule has 0 aromatic carbocycles. The molecular weight excluding hydrogens is 532 g/mol. The second-order valence-electron chi connectivity index (χ2n) is 9.08. The lowest BCUT2D eigenvalue weighted by Crippen LogP contribution is -2.42. The fourth-order valence-electron chi connectivity index (χ4n) is 3.84. The van der Waals surface area contributed by atoms with E-state index in [1.165, 1.54) is 0 Å². The van der Waals surface area contributed by atoms with Crippen molar-refractivity contribution in [3.8, 4) is 0 Å². The van der Waals surface area contributed by atoms with Gasteiger partial charge in [-0.25, -0.2) is 0 Å². The standard InChI is InChI=1S/C24H56N2O10Si2/c1-29-37(30-2,31-3)17-11-15-35-21-23(27)19-25-13-9-7-8-10-14-26-20-24(28)22-36-16-12-18-38(32-4,33-5)34-6/h23-28H,7-22H2,1-6H3. The van der Waals surface area contributed by atoms with Crippen LogP contribution in [0.4, 0.5) is 0 Å². The number of ether oxygens (including phenoxy) is 2. The molecule has 0 fully saturated rings. The number of hydrogen-bond donors (Lipinski definition) is 4. The highest BCUT2D eigenvalue weighted by atomic mass is 28.4. The van der Waals surface area contributed by atoms with Crippen molar-refractivity contribution in [1.29, 1.82) is 0 Å². The van der Waals surface area contributed by atoms with Gasteiger partial charge in [-0.15, -0.1) is 0 Å². The molecule has 0 aromatic rings. The Labute approximate surface area is 232 Å². The Morgan fingerprint density at radius 1 is 0.526 bits per heavy atom. The molecule has 38 heavy (non-hydrogen) atoms. The molecule has 0 aliphatic carbocycles.